The minimum Gasteiger partial charge on any atom is -0.501 e. The fourth-order valence-electron chi connectivity index (χ4n) is 0.174. The summed E-state index contributed by atoms with van der Waals surface area (Å²) in [6.07, 6.45) is 2.00. The molecule has 3 heteroatoms. The van der Waals surface area contributed by atoms with Crippen LogP contribution in [-0.2, 0) is 9.53 Å². The van der Waals surface area contributed by atoms with Crippen molar-refractivity contribution in [2.45, 2.75) is 0 Å². The molecule has 8 heavy (non-hydrogen) atoms. The summed E-state index contributed by atoms with van der Waals surface area (Å²) in [6, 6.07) is 0. The number of rotatable bonds is 3. The molecule has 0 fully saturated rings. The molecule has 0 aromatic rings. The first-order valence-electron chi connectivity index (χ1n) is 2.07. The molecule has 0 aliphatic rings. The number of hydrogen-bond donors (Lipinski definition) is 1. The van der Waals surface area contributed by atoms with Crippen molar-refractivity contribution in [1.82, 2.24) is 0 Å². The summed E-state index contributed by atoms with van der Waals surface area (Å²) in [4.78, 5) is 9.69. The third kappa shape index (κ3) is 5.01. The summed E-state index contributed by atoms with van der Waals surface area (Å²) >= 11 is 0. The maximum Gasteiger partial charge on any atom is 0.331 e. The minimum absolute atomic E-state index is 0.254. The summed E-state index contributed by atoms with van der Waals surface area (Å²) in [5.41, 5.74) is 0. The molecule has 1 N–H and O–H groups in total. The molecule has 0 unspecified atom stereocenters. The van der Waals surface area contributed by atoms with Crippen LogP contribution in [0.2, 0.25) is 0 Å². The summed E-state index contributed by atoms with van der Waals surface area (Å²) in [5.74, 6) is -1.02. The van der Waals surface area contributed by atoms with Gasteiger partial charge in [0, 0.05) is 0 Å². The molecule has 0 aliphatic carbocycles. The molecular weight excluding hydrogens is 108 g/mol. The standard InChI is InChI=1S/C5H7O3/c1-2-8-4-3-5(6)7/h3-4H,1-2H2,(H,6,7). The molecule has 0 amide bonds. The van der Waals surface area contributed by atoms with E-state index < -0.39 is 5.97 Å². The van der Waals surface area contributed by atoms with Gasteiger partial charge in [-0.1, -0.05) is 0 Å². The molecule has 0 saturated heterocycles. The van der Waals surface area contributed by atoms with E-state index in [4.69, 9.17) is 5.11 Å². The second-order valence-corrected chi connectivity index (χ2v) is 1.01. The first-order chi connectivity index (χ1) is 3.77. The van der Waals surface area contributed by atoms with Crippen LogP contribution in [0.4, 0.5) is 0 Å². The highest BCUT2D eigenvalue weighted by Crippen LogP contribution is 1.74. The Balaban J connectivity index is 3.20. The molecule has 0 atom stereocenters. The summed E-state index contributed by atoms with van der Waals surface area (Å²) in [7, 11) is 0. The number of carbonyl (C=O) groups is 1. The van der Waals surface area contributed by atoms with Crippen molar-refractivity contribution in [3.05, 3.63) is 19.3 Å². The molecule has 0 bridgehead atoms. The van der Waals surface area contributed by atoms with Crippen LogP contribution in [0.25, 0.3) is 0 Å². The van der Waals surface area contributed by atoms with Crippen LogP contribution < -0.4 is 0 Å². The highest BCUT2D eigenvalue weighted by atomic mass is 16.5. The molecule has 1 radical (unpaired) electrons. The molecule has 3 nitrogen and oxygen atoms in total. The van der Waals surface area contributed by atoms with E-state index in [-0.39, 0.29) is 6.61 Å². The average Bonchev–Trinajstić information content (AvgIpc) is 1.66. The predicted octanol–water partition coefficient (Wildman–Crippen LogP) is 0.435. The topological polar surface area (TPSA) is 46.5 Å². The zero-order valence-electron chi connectivity index (χ0n) is 4.33. The van der Waals surface area contributed by atoms with E-state index in [2.05, 4.69) is 11.7 Å². The molecule has 45 valence electrons. The Morgan fingerprint density at radius 1 is 1.88 bits per heavy atom. The van der Waals surface area contributed by atoms with Gasteiger partial charge in [-0.2, -0.15) is 0 Å². The SMILES string of the molecule is [CH2]COC=CC(=O)O. The van der Waals surface area contributed by atoms with E-state index in [1.54, 1.807) is 0 Å². The van der Waals surface area contributed by atoms with Crippen molar-refractivity contribution in [2.75, 3.05) is 6.61 Å². The third-order valence-corrected chi connectivity index (χ3v) is 0.425. The summed E-state index contributed by atoms with van der Waals surface area (Å²) in [5, 5.41) is 7.95. The van der Waals surface area contributed by atoms with Crippen molar-refractivity contribution in [3.8, 4) is 0 Å². The zero-order valence-corrected chi connectivity index (χ0v) is 4.33. The number of carboxylic acid groups (broad SMARTS) is 1. The van der Waals surface area contributed by atoms with E-state index in [1.165, 1.54) is 0 Å². The van der Waals surface area contributed by atoms with E-state index in [0.29, 0.717) is 0 Å². The normalized spacial score (nSPS) is 9.62. The van der Waals surface area contributed by atoms with Crippen LogP contribution >= 0.6 is 0 Å². The van der Waals surface area contributed by atoms with E-state index in [9.17, 15) is 4.79 Å². The zero-order chi connectivity index (χ0) is 6.41. The van der Waals surface area contributed by atoms with Gasteiger partial charge in [0.15, 0.2) is 0 Å². The van der Waals surface area contributed by atoms with E-state index in [0.717, 1.165) is 12.3 Å². The maximum absolute atomic E-state index is 9.69. The van der Waals surface area contributed by atoms with Gasteiger partial charge in [0.25, 0.3) is 0 Å². The first-order valence-corrected chi connectivity index (χ1v) is 2.07. The highest BCUT2D eigenvalue weighted by molar-refractivity contribution is 5.79. The highest BCUT2D eigenvalue weighted by Gasteiger charge is 1.81. The van der Waals surface area contributed by atoms with Crippen LogP contribution in [0.15, 0.2) is 12.3 Å². The van der Waals surface area contributed by atoms with Gasteiger partial charge in [-0.3, -0.25) is 0 Å². The van der Waals surface area contributed by atoms with Gasteiger partial charge in [0.05, 0.1) is 18.9 Å². The van der Waals surface area contributed by atoms with Gasteiger partial charge in [0.1, 0.15) is 0 Å². The van der Waals surface area contributed by atoms with Gasteiger partial charge in [0.2, 0.25) is 0 Å². The lowest BCUT2D eigenvalue weighted by molar-refractivity contribution is -0.131. The Kier molecular flexibility index (Phi) is 3.66. The Labute approximate surface area is 47.6 Å². The fraction of sp³-hybridized carbons (Fsp3) is 0.200. The number of ether oxygens (including phenoxy) is 1. The second kappa shape index (κ2) is 4.18. The lowest BCUT2D eigenvalue weighted by Crippen LogP contribution is -1.87. The third-order valence-electron chi connectivity index (χ3n) is 0.425. The molecule has 0 spiro atoms. The molecule has 0 aromatic heterocycles. The van der Waals surface area contributed by atoms with Gasteiger partial charge in [-0.25, -0.2) is 4.79 Å². The van der Waals surface area contributed by atoms with E-state index in [1.807, 2.05) is 0 Å². The quantitative estimate of drug-likeness (QED) is 0.428. The van der Waals surface area contributed by atoms with Crippen molar-refractivity contribution >= 4 is 5.97 Å². The number of carboxylic acids is 1. The molecule has 0 aliphatic heterocycles. The number of aliphatic carboxylic acids is 1. The van der Waals surface area contributed by atoms with Crippen molar-refractivity contribution in [2.24, 2.45) is 0 Å². The fourth-order valence-corrected chi connectivity index (χ4v) is 0.174. The molecule has 0 heterocycles. The predicted molar refractivity (Wildman–Crippen MR) is 28.1 cm³/mol. The van der Waals surface area contributed by atoms with Crippen LogP contribution in [0.5, 0.6) is 0 Å². The molecular formula is C5H7O3. The average molecular weight is 115 g/mol. The summed E-state index contributed by atoms with van der Waals surface area (Å²) in [6.45, 7) is 3.57. The number of hydrogen-bond acceptors (Lipinski definition) is 2. The molecule has 0 rings (SSSR count). The second-order valence-electron chi connectivity index (χ2n) is 1.01. The lowest BCUT2D eigenvalue weighted by atomic mass is 10.6. The van der Waals surface area contributed by atoms with Gasteiger partial charge < -0.3 is 9.84 Å². The van der Waals surface area contributed by atoms with Crippen LogP contribution in [0.3, 0.4) is 0 Å². The van der Waals surface area contributed by atoms with Crippen molar-refractivity contribution in [3.63, 3.8) is 0 Å². The largest absolute Gasteiger partial charge is 0.501 e. The minimum atomic E-state index is -1.02. The Morgan fingerprint density at radius 2 is 2.50 bits per heavy atom. The maximum atomic E-state index is 9.69. The smallest absolute Gasteiger partial charge is 0.331 e. The molecule has 0 saturated carbocycles. The summed E-state index contributed by atoms with van der Waals surface area (Å²) < 4.78 is 4.47. The van der Waals surface area contributed by atoms with Crippen LogP contribution in [-0.4, -0.2) is 17.7 Å². The monoisotopic (exact) mass is 115 g/mol. The van der Waals surface area contributed by atoms with Gasteiger partial charge in [-0.15, -0.1) is 0 Å². The van der Waals surface area contributed by atoms with Gasteiger partial charge in [-0.05, 0) is 6.92 Å². The Morgan fingerprint density at radius 3 is 2.88 bits per heavy atom. The van der Waals surface area contributed by atoms with Crippen molar-refractivity contribution in [1.29, 1.82) is 0 Å². The van der Waals surface area contributed by atoms with Crippen LogP contribution in [0, 0.1) is 6.92 Å². The van der Waals surface area contributed by atoms with Crippen molar-refractivity contribution < 1.29 is 14.6 Å². The Bertz CT molecular complexity index is 95.8. The lowest BCUT2D eigenvalue weighted by Gasteiger charge is -1.87. The van der Waals surface area contributed by atoms with Gasteiger partial charge >= 0.3 is 5.97 Å². The van der Waals surface area contributed by atoms with Crippen LogP contribution in [0.1, 0.15) is 0 Å². The Hall–Kier alpha value is -0.990. The first kappa shape index (κ1) is 7.01. The van der Waals surface area contributed by atoms with E-state index >= 15 is 0 Å². The molecule has 0 aromatic carbocycles.